The molecule has 0 aromatic carbocycles. The van der Waals surface area contributed by atoms with Crippen molar-refractivity contribution in [3.8, 4) is 11.3 Å². The molecule has 3 heterocycles. The van der Waals surface area contributed by atoms with E-state index in [9.17, 15) is 8.42 Å². The molecule has 2 N–H and O–H groups in total. The molecular weight excluding hydrogens is 312 g/mol. The molecule has 21 heavy (non-hydrogen) atoms. The van der Waals surface area contributed by atoms with E-state index in [1.54, 1.807) is 24.4 Å². The Kier molecular flexibility index (Phi) is 3.32. The van der Waals surface area contributed by atoms with Crippen LogP contribution in [0.15, 0.2) is 47.8 Å². The molecular formula is C13H9ClN4O2S. The molecule has 0 fully saturated rings. The van der Waals surface area contributed by atoms with Crippen molar-refractivity contribution in [1.29, 1.82) is 0 Å². The first-order valence-corrected chi connectivity index (χ1v) is 7.77. The summed E-state index contributed by atoms with van der Waals surface area (Å²) in [6.45, 7) is 0. The number of pyridine rings is 3. The lowest BCUT2D eigenvalue weighted by molar-refractivity contribution is 0.597. The largest absolute Gasteiger partial charge is 0.263 e. The number of halogens is 1. The fourth-order valence-electron chi connectivity index (χ4n) is 1.87. The van der Waals surface area contributed by atoms with Crippen molar-refractivity contribution in [3.63, 3.8) is 0 Å². The molecule has 106 valence electrons. The molecule has 3 aromatic rings. The Morgan fingerprint density at radius 2 is 1.95 bits per heavy atom. The second kappa shape index (κ2) is 5.03. The van der Waals surface area contributed by atoms with Gasteiger partial charge in [0.25, 0.3) is 0 Å². The molecule has 0 spiro atoms. The smallest absolute Gasteiger partial charge is 0.239 e. The molecule has 0 aliphatic rings. The van der Waals surface area contributed by atoms with E-state index in [0.29, 0.717) is 27.3 Å². The molecule has 0 unspecified atom stereocenters. The molecule has 0 aliphatic heterocycles. The molecule has 0 aliphatic carbocycles. The monoisotopic (exact) mass is 320 g/mol. The van der Waals surface area contributed by atoms with Crippen LogP contribution in [-0.2, 0) is 10.0 Å². The van der Waals surface area contributed by atoms with Gasteiger partial charge in [0.15, 0.2) is 0 Å². The molecule has 0 bridgehead atoms. The Morgan fingerprint density at radius 3 is 2.71 bits per heavy atom. The number of aromatic nitrogens is 3. The van der Waals surface area contributed by atoms with E-state index in [2.05, 4.69) is 15.0 Å². The number of primary sulfonamides is 1. The molecule has 8 heteroatoms. The second-order valence-corrected chi connectivity index (χ2v) is 6.28. The Labute approximate surface area is 125 Å². The highest BCUT2D eigenvalue weighted by atomic mass is 35.5. The third-order valence-corrected chi connectivity index (χ3v) is 4.06. The molecule has 0 saturated carbocycles. The molecule has 3 rings (SSSR count). The van der Waals surface area contributed by atoms with Crippen molar-refractivity contribution in [2.75, 3.05) is 0 Å². The Morgan fingerprint density at radius 1 is 1.14 bits per heavy atom. The summed E-state index contributed by atoms with van der Waals surface area (Å²) < 4.78 is 22.7. The van der Waals surface area contributed by atoms with Gasteiger partial charge in [-0.05, 0) is 24.3 Å². The highest BCUT2D eigenvalue weighted by Gasteiger charge is 2.11. The van der Waals surface area contributed by atoms with Gasteiger partial charge in [0, 0.05) is 24.2 Å². The van der Waals surface area contributed by atoms with E-state index in [-0.39, 0.29) is 4.90 Å². The molecule has 0 radical (unpaired) electrons. The van der Waals surface area contributed by atoms with Gasteiger partial charge in [0.2, 0.25) is 10.0 Å². The highest BCUT2D eigenvalue weighted by Crippen LogP contribution is 2.24. The SMILES string of the molecule is NS(=O)(=O)c1cncc(-c2ccc3nccc(Cl)c3n2)c1. The van der Waals surface area contributed by atoms with Crippen LogP contribution >= 0.6 is 11.6 Å². The van der Waals surface area contributed by atoms with Gasteiger partial charge in [-0.15, -0.1) is 0 Å². The lowest BCUT2D eigenvalue weighted by Gasteiger charge is -2.05. The van der Waals surface area contributed by atoms with Crippen molar-refractivity contribution in [1.82, 2.24) is 15.0 Å². The maximum atomic E-state index is 11.4. The van der Waals surface area contributed by atoms with Crippen molar-refractivity contribution in [2.24, 2.45) is 5.14 Å². The topological polar surface area (TPSA) is 98.8 Å². The number of hydrogen-bond acceptors (Lipinski definition) is 5. The van der Waals surface area contributed by atoms with E-state index >= 15 is 0 Å². The van der Waals surface area contributed by atoms with Crippen LogP contribution in [0.4, 0.5) is 0 Å². The number of rotatable bonds is 2. The summed E-state index contributed by atoms with van der Waals surface area (Å²) in [7, 11) is -3.81. The molecule has 0 amide bonds. The van der Waals surface area contributed by atoms with Gasteiger partial charge in [-0.2, -0.15) is 0 Å². The van der Waals surface area contributed by atoms with Crippen molar-refractivity contribution < 1.29 is 8.42 Å². The van der Waals surface area contributed by atoms with E-state index < -0.39 is 10.0 Å². The predicted molar refractivity (Wildman–Crippen MR) is 79.2 cm³/mol. The minimum absolute atomic E-state index is 0.0702. The zero-order valence-electron chi connectivity index (χ0n) is 10.6. The summed E-state index contributed by atoms with van der Waals surface area (Å²) in [5, 5.41) is 5.57. The van der Waals surface area contributed by atoms with Crippen molar-refractivity contribution in [3.05, 3.63) is 47.9 Å². The van der Waals surface area contributed by atoms with Crippen LogP contribution in [0.25, 0.3) is 22.3 Å². The van der Waals surface area contributed by atoms with Crippen LogP contribution in [0.5, 0.6) is 0 Å². The number of hydrogen-bond donors (Lipinski definition) is 1. The molecule has 0 atom stereocenters. The summed E-state index contributed by atoms with van der Waals surface area (Å²) in [5.41, 5.74) is 2.26. The first-order valence-electron chi connectivity index (χ1n) is 5.84. The fraction of sp³-hybridized carbons (Fsp3) is 0. The van der Waals surface area contributed by atoms with E-state index in [0.717, 1.165) is 0 Å². The molecule has 0 saturated heterocycles. The van der Waals surface area contributed by atoms with Gasteiger partial charge in [-0.1, -0.05) is 11.6 Å². The maximum absolute atomic E-state index is 11.4. The summed E-state index contributed by atoms with van der Waals surface area (Å²) >= 11 is 6.09. The maximum Gasteiger partial charge on any atom is 0.239 e. The zero-order valence-corrected chi connectivity index (χ0v) is 12.1. The number of sulfonamides is 1. The van der Waals surface area contributed by atoms with Gasteiger partial charge >= 0.3 is 0 Å². The lowest BCUT2D eigenvalue weighted by atomic mass is 10.2. The minimum Gasteiger partial charge on any atom is -0.263 e. The number of nitrogens with zero attached hydrogens (tertiary/aromatic N) is 3. The van der Waals surface area contributed by atoms with Crippen LogP contribution in [0.2, 0.25) is 5.02 Å². The Balaban J connectivity index is 2.19. The summed E-state index contributed by atoms with van der Waals surface area (Å²) in [6, 6.07) is 6.53. The Hall–Kier alpha value is -2.09. The van der Waals surface area contributed by atoms with Crippen LogP contribution in [0, 0.1) is 0 Å². The average molecular weight is 321 g/mol. The van der Waals surface area contributed by atoms with Crippen molar-refractivity contribution in [2.45, 2.75) is 4.90 Å². The quantitative estimate of drug-likeness (QED) is 0.778. The Bertz CT molecular complexity index is 944. The van der Waals surface area contributed by atoms with Gasteiger partial charge in [0.1, 0.15) is 10.4 Å². The van der Waals surface area contributed by atoms with Gasteiger partial charge in [-0.25, -0.2) is 18.5 Å². The van der Waals surface area contributed by atoms with E-state index in [1.165, 1.54) is 18.5 Å². The summed E-state index contributed by atoms with van der Waals surface area (Å²) in [6.07, 6.45) is 4.29. The predicted octanol–water partition coefficient (Wildman–Crippen LogP) is 1.99. The van der Waals surface area contributed by atoms with Crippen LogP contribution in [0.1, 0.15) is 0 Å². The summed E-state index contributed by atoms with van der Waals surface area (Å²) in [5.74, 6) is 0. The fourth-order valence-corrected chi connectivity index (χ4v) is 2.56. The van der Waals surface area contributed by atoms with Gasteiger partial charge < -0.3 is 0 Å². The zero-order chi connectivity index (χ0) is 15.0. The lowest BCUT2D eigenvalue weighted by Crippen LogP contribution is -2.12. The van der Waals surface area contributed by atoms with Gasteiger partial charge in [0.05, 0.1) is 16.2 Å². The van der Waals surface area contributed by atoms with E-state index in [1.807, 2.05) is 0 Å². The first-order chi connectivity index (χ1) is 9.95. The van der Waals surface area contributed by atoms with E-state index in [4.69, 9.17) is 16.7 Å². The highest BCUT2D eigenvalue weighted by molar-refractivity contribution is 7.89. The average Bonchev–Trinajstić information content (AvgIpc) is 2.47. The minimum atomic E-state index is -3.81. The molecule has 3 aromatic heterocycles. The van der Waals surface area contributed by atoms with Crippen molar-refractivity contribution >= 4 is 32.7 Å². The molecule has 6 nitrogen and oxygen atoms in total. The van der Waals surface area contributed by atoms with Gasteiger partial charge in [-0.3, -0.25) is 9.97 Å². The first kappa shape index (κ1) is 13.9. The normalized spacial score (nSPS) is 11.7. The summed E-state index contributed by atoms with van der Waals surface area (Å²) in [4.78, 5) is 12.4. The second-order valence-electron chi connectivity index (χ2n) is 4.31. The third-order valence-electron chi connectivity index (χ3n) is 2.87. The number of fused-ring (bicyclic) bond motifs is 1. The van der Waals surface area contributed by atoms with Crippen LogP contribution in [-0.4, -0.2) is 23.4 Å². The number of nitrogens with two attached hydrogens (primary N) is 1. The van der Waals surface area contributed by atoms with Crippen LogP contribution < -0.4 is 5.14 Å². The standard InChI is InChI=1S/C13H9ClN4O2S/c14-10-3-4-17-12-2-1-11(18-13(10)12)8-5-9(7-16-6-8)21(15,19)20/h1-7H,(H2,15,19,20). The van der Waals surface area contributed by atoms with Crippen LogP contribution in [0.3, 0.4) is 0 Å². The third kappa shape index (κ3) is 2.71.